The Hall–Kier alpha value is -1.99. The van der Waals surface area contributed by atoms with Crippen LogP contribution in [0.3, 0.4) is 0 Å². The zero-order valence-corrected chi connectivity index (χ0v) is 14.4. The third-order valence-electron chi connectivity index (χ3n) is 3.92. The van der Waals surface area contributed by atoms with Gasteiger partial charge in [-0.15, -0.1) is 11.6 Å². The van der Waals surface area contributed by atoms with Gasteiger partial charge in [0, 0.05) is 29.2 Å². The lowest BCUT2D eigenvalue weighted by molar-refractivity contribution is -0.136. The zero-order valence-electron chi connectivity index (χ0n) is 13.7. The molecule has 0 radical (unpaired) electrons. The minimum atomic E-state index is -4.65. The molecule has 1 aromatic heterocycles. The lowest BCUT2D eigenvalue weighted by Gasteiger charge is -2.17. The Morgan fingerprint density at radius 3 is 2.64 bits per heavy atom. The molecule has 0 amide bonds. The predicted molar refractivity (Wildman–Crippen MR) is 92.6 cm³/mol. The van der Waals surface area contributed by atoms with Crippen molar-refractivity contribution in [2.24, 2.45) is 0 Å². The summed E-state index contributed by atoms with van der Waals surface area (Å²) >= 11 is 5.53. The van der Waals surface area contributed by atoms with E-state index in [-0.39, 0.29) is 23.3 Å². The molecule has 136 valence electrons. The lowest BCUT2D eigenvalue weighted by Crippen LogP contribution is -2.27. The molecule has 0 fully saturated rings. The number of halogens is 4. The molecule has 2 aromatic rings. The van der Waals surface area contributed by atoms with Gasteiger partial charge < -0.3 is 15.4 Å². The van der Waals surface area contributed by atoms with Crippen LogP contribution >= 0.6 is 11.6 Å². The second kappa shape index (κ2) is 7.49. The fourth-order valence-electron chi connectivity index (χ4n) is 2.51. The summed E-state index contributed by atoms with van der Waals surface area (Å²) in [5, 5.41) is 12.4. The number of hydrogen-bond donors (Lipinski definition) is 3. The number of allylic oxidation sites excluding steroid dienone is 2. The van der Waals surface area contributed by atoms with Crippen molar-refractivity contribution in [1.82, 2.24) is 10.3 Å². The van der Waals surface area contributed by atoms with Crippen LogP contribution in [0.1, 0.15) is 25.0 Å². The van der Waals surface area contributed by atoms with Gasteiger partial charge in [0.05, 0.1) is 17.5 Å². The van der Waals surface area contributed by atoms with E-state index in [9.17, 15) is 23.1 Å². The van der Waals surface area contributed by atoms with Gasteiger partial charge in [0.2, 0.25) is 5.56 Å². The van der Waals surface area contributed by atoms with Gasteiger partial charge >= 0.3 is 6.18 Å². The first-order valence-corrected chi connectivity index (χ1v) is 8.07. The fraction of sp³-hybridized carbons (Fsp3) is 0.353. The summed E-state index contributed by atoms with van der Waals surface area (Å²) in [6, 6.07) is 5.15. The number of hydrogen-bond acceptors (Lipinski definition) is 3. The molecule has 3 N–H and O–H groups in total. The molecule has 8 heteroatoms. The SMILES string of the molecule is C/C(NCC(O)CCl)=C(\C)c1cccc2[nH]c(=O)cc(C(F)(F)F)c12. The molecule has 0 aliphatic carbocycles. The summed E-state index contributed by atoms with van der Waals surface area (Å²) in [6.45, 7) is 3.56. The Morgan fingerprint density at radius 1 is 1.36 bits per heavy atom. The monoisotopic (exact) mass is 374 g/mol. The molecule has 1 atom stereocenters. The standard InChI is InChI=1S/C17H18ClF3N2O2/c1-9(10(2)22-8-11(24)7-18)12-4-3-5-14-16(12)13(17(19,20)21)6-15(25)23-14/h3-6,11,22,24H,7-8H2,1-2H3,(H,23,25)/b10-9-. The molecule has 25 heavy (non-hydrogen) atoms. The predicted octanol–water partition coefficient (Wildman–Crippen LogP) is 3.49. The van der Waals surface area contributed by atoms with Crippen molar-refractivity contribution in [3.05, 3.63) is 51.4 Å². The van der Waals surface area contributed by atoms with E-state index in [0.717, 1.165) is 0 Å². The van der Waals surface area contributed by atoms with Crippen LogP contribution in [0.15, 0.2) is 34.8 Å². The van der Waals surface area contributed by atoms with Gasteiger partial charge in [-0.2, -0.15) is 13.2 Å². The molecule has 1 unspecified atom stereocenters. The van der Waals surface area contributed by atoms with Crippen molar-refractivity contribution in [2.75, 3.05) is 12.4 Å². The molecule has 0 bridgehead atoms. The van der Waals surface area contributed by atoms with Crippen LogP contribution in [0.2, 0.25) is 0 Å². The van der Waals surface area contributed by atoms with Crippen molar-refractivity contribution in [1.29, 1.82) is 0 Å². The van der Waals surface area contributed by atoms with Gasteiger partial charge in [0.15, 0.2) is 0 Å². The molecule has 2 rings (SSSR count). The quantitative estimate of drug-likeness (QED) is 0.702. The summed E-state index contributed by atoms with van der Waals surface area (Å²) in [4.78, 5) is 14.0. The second-order valence-electron chi connectivity index (χ2n) is 5.71. The molecule has 0 saturated carbocycles. The number of fused-ring (bicyclic) bond motifs is 1. The third kappa shape index (κ3) is 4.35. The topological polar surface area (TPSA) is 65.1 Å². The Labute approximate surface area is 147 Å². The smallest absolute Gasteiger partial charge is 0.390 e. The molecule has 4 nitrogen and oxygen atoms in total. The van der Waals surface area contributed by atoms with E-state index in [1.807, 2.05) is 0 Å². The van der Waals surface area contributed by atoms with Gasteiger partial charge in [0.1, 0.15) is 0 Å². The van der Waals surface area contributed by atoms with Crippen LogP contribution in [-0.2, 0) is 6.18 Å². The average molecular weight is 375 g/mol. The highest BCUT2D eigenvalue weighted by Gasteiger charge is 2.34. The summed E-state index contributed by atoms with van der Waals surface area (Å²) in [5.41, 5.74) is -0.133. The van der Waals surface area contributed by atoms with E-state index in [4.69, 9.17) is 11.6 Å². The highest BCUT2D eigenvalue weighted by Crippen LogP contribution is 2.37. The van der Waals surface area contributed by atoms with Crippen molar-refractivity contribution in [2.45, 2.75) is 26.1 Å². The number of alkyl halides is 4. The van der Waals surface area contributed by atoms with Crippen molar-refractivity contribution in [3.8, 4) is 0 Å². The van der Waals surface area contributed by atoms with Crippen LogP contribution in [0.4, 0.5) is 13.2 Å². The zero-order chi connectivity index (χ0) is 18.8. The Bertz CT molecular complexity index is 859. The largest absolute Gasteiger partial charge is 0.417 e. The first kappa shape index (κ1) is 19.3. The fourth-order valence-corrected chi connectivity index (χ4v) is 2.62. The molecular weight excluding hydrogens is 357 g/mol. The molecule has 0 saturated heterocycles. The molecule has 0 aliphatic rings. The van der Waals surface area contributed by atoms with E-state index in [1.165, 1.54) is 6.07 Å². The summed E-state index contributed by atoms with van der Waals surface area (Å²) < 4.78 is 40.2. The summed E-state index contributed by atoms with van der Waals surface area (Å²) in [5.74, 6) is 0.0487. The number of aromatic amines is 1. The molecule has 0 aliphatic heterocycles. The second-order valence-corrected chi connectivity index (χ2v) is 6.02. The van der Waals surface area contributed by atoms with E-state index in [0.29, 0.717) is 22.9 Å². The molecule has 1 heterocycles. The average Bonchev–Trinajstić information content (AvgIpc) is 2.56. The summed E-state index contributed by atoms with van der Waals surface area (Å²) in [7, 11) is 0. The molecule has 0 spiro atoms. The number of rotatable bonds is 5. The highest BCUT2D eigenvalue weighted by atomic mass is 35.5. The highest BCUT2D eigenvalue weighted by molar-refractivity contribution is 6.18. The maximum Gasteiger partial charge on any atom is 0.417 e. The number of aliphatic hydroxyl groups excluding tert-OH is 1. The molecule has 1 aromatic carbocycles. The first-order chi connectivity index (χ1) is 11.6. The molecular formula is C17H18ClF3N2O2. The van der Waals surface area contributed by atoms with E-state index in [1.54, 1.807) is 26.0 Å². The third-order valence-corrected chi connectivity index (χ3v) is 4.28. The van der Waals surface area contributed by atoms with Crippen molar-refractivity contribution < 1.29 is 18.3 Å². The number of aliphatic hydroxyl groups is 1. The van der Waals surface area contributed by atoms with Crippen LogP contribution in [0, 0.1) is 0 Å². The van der Waals surface area contributed by atoms with E-state index < -0.39 is 23.4 Å². The van der Waals surface area contributed by atoms with Crippen molar-refractivity contribution >= 4 is 28.1 Å². The Balaban J connectivity index is 2.64. The maximum atomic E-state index is 13.4. The van der Waals surface area contributed by atoms with Crippen molar-refractivity contribution in [3.63, 3.8) is 0 Å². The van der Waals surface area contributed by atoms with Crippen LogP contribution in [-0.4, -0.2) is 28.6 Å². The van der Waals surface area contributed by atoms with Crippen LogP contribution in [0.5, 0.6) is 0 Å². The minimum absolute atomic E-state index is 0.0487. The van der Waals surface area contributed by atoms with Crippen LogP contribution in [0.25, 0.3) is 16.5 Å². The van der Waals surface area contributed by atoms with Gasteiger partial charge in [0.25, 0.3) is 0 Å². The van der Waals surface area contributed by atoms with Gasteiger partial charge in [-0.05, 0) is 31.1 Å². The Kier molecular flexibility index (Phi) is 5.80. The normalized spacial score (nSPS) is 14.4. The minimum Gasteiger partial charge on any atom is -0.390 e. The number of nitrogens with one attached hydrogen (secondary N) is 2. The van der Waals surface area contributed by atoms with E-state index >= 15 is 0 Å². The van der Waals surface area contributed by atoms with Crippen LogP contribution < -0.4 is 10.9 Å². The lowest BCUT2D eigenvalue weighted by atomic mass is 9.96. The number of aromatic nitrogens is 1. The first-order valence-electron chi connectivity index (χ1n) is 7.54. The van der Waals surface area contributed by atoms with Gasteiger partial charge in [-0.25, -0.2) is 0 Å². The van der Waals surface area contributed by atoms with Gasteiger partial charge in [-0.1, -0.05) is 12.1 Å². The number of H-pyrrole nitrogens is 1. The van der Waals surface area contributed by atoms with E-state index in [2.05, 4.69) is 10.3 Å². The van der Waals surface area contributed by atoms with Gasteiger partial charge in [-0.3, -0.25) is 4.79 Å². The summed E-state index contributed by atoms with van der Waals surface area (Å²) in [6.07, 6.45) is -5.42. The maximum absolute atomic E-state index is 13.4. The number of pyridine rings is 1. The Morgan fingerprint density at radius 2 is 2.04 bits per heavy atom. The number of benzene rings is 1.